The standard InChI is InChI=1S/C21H22F2N2O5/c1-28-17-7-6-14(12-18(17)30-21(22)23)8-10-24-19(26)9-11-25-15-4-2-3-5-16(15)29-13-20(25)27/h2-7,12,21H,8-11,13H2,1H3,(H,24,26). The molecule has 9 heteroatoms. The van der Waals surface area contributed by atoms with E-state index in [-0.39, 0.29) is 42.9 Å². The maximum atomic E-state index is 12.5. The number of rotatable bonds is 9. The summed E-state index contributed by atoms with van der Waals surface area (Å²) in [7, 11) is 1.37. The van der Waals surface area contributed by atoms with E-state index in [1.807, 2.05) is 6.07 Å². The van der Waals surface area contributed by atoms with Gasteiger partial charge in [0, 0.05) is 19.5 Å². The van der Waals surface area contributed by atoms with E-state index in [1.165, 1.54) is 24.1 Å². The summed E-state index contributed by atoms with van der Waals surface area (Å²) < 4.78 is 39.9. The van der Waals surface area contributed by atoms with Crippen molar-refractivity contribution in [3.63, 3.8) is 0 Å². The van der Waals surface area contributed by atoms with Gasteiger partial charge in [-0.2, -0.15) is 8.78 Å². The molecule has 1 N–H and O–H groups in total. The summed E-state index contributed by atoms with van der Waals surface area (Å²) >= 11 is 0. The Morgan fingerprint density at radius 1 is 1.23 bits per heavy atom. The van der Waals surface area contributed by atoms with Crippen LogP contribution in [0.2, 0.25) is 0 Å². The first-order chi connectivity index (χ1) is 14.5. The van der Waals surface area contributed by atoms with Crippen LogP contribution in [0.3, 0.4) is 0 Å². The second kappa shape index (κ2) is 9.91. The van der Waals surface area contributed by atoms with E-state index in [1.54, 1.807) is 24.3 Å². The molecule has 1 heterocycles. The molecule has 1 aliphatic rings. The molecule has 0 atom stereocenters. The van der Waals surface area contributed by atoms with Gasteiger partial charge in [-0.3, -0.25) is 9.59 Å². The van der Waals surface area contributed by atoms with Gasteiger partial charge in [0.2, 0.25) is 5.91 Å². The van der Waals surface area contributed by atoms with Crippen molar-refractivity contribution in [3.8, 4) is 17.2 Å². The number of ether oxygens (including phenoxy) is 3. The molecule has 0 aliphatic carbocycles. The topological polar surface area (TPSA) is 77.1 Å². The summed E-state index contributed by atoms with van der Waals surface area (Å²) in [4.78, 5) is 25.8. The van der Waals surface area contributed by atoms with Crippen molar-refractivity contribution in [2.45, 2.75) is 19.5 Å². The average molecular weight is 420 g/mol. The van der Waals surface area contributed by atoms with Gasteiger partial charge in [-0.05, 0) is 36.2 Å². The monoisotopic (exact) mass is 420 g/mol. The molecule has 1 aliphatic heterocycles. The number of para-hydroxylation sites is 2. The maximum Gasteiger partial charge on any atom is 0.387 e. The molecule has 2 aromatic carbocycles. The number of nitrogens with one attached hydrogen (secondary N) is 1. The second-order valence-electron chi connectivity index (χ2n) is 6.52. The van der Waals surface area contributed by atoms with Crippen molar-refractivity contribution >= 4 is 17.5 Å². The molecule has 0 bridgehead atoms. The van der Waals surface area contributed by atoms with Crippen LogP contribution >= 0.6 is 0 Å². The smallest absolute Gasteiger partial charge is 0.387 e. The average Bonchev–Trinajstić information content (AvgIpc) is 2.73. The molecule has 0 spiro atoms. The lowest BCUT2D eigenvalue weighted by atomic mass is 10.1. The van der Waals surface area contributed by atoms with Crippen LogP contribution in [0.25, 0.3) is 0 Å². The van der Waals surface area contributed by atoms with Crippen LogP contribution in [0.1, 0.15) is 12.0 Å². The molecule has 0 radical (unpaired) electrons. The zero-order chi connectivity index (χ0) is 21.5. The zero-order valence-corrected chi connectivity index (χ0v) is 16.4. The number of carbonyl (C=O) groups excluding carboxylic acids is 2. The summed E-state index contributed by atoms with van der Waals surface area (Å²) in [5.74, 6) is 0.342. The van der Waals surface area contributed by atoms with Gasteiger partial charge >= 0.3 is 6.61 Å². The van der Waals surface area contributed by atoms with Crippen molar-refractivity contribution < 1.29 is 32.6 Å². The van der Waals surface area contributed by atoms with Gasteiger partial charge < -0.3 is 24.4 Å². The van der Waals surface area contributed by atoms with Gasteiger partial charge in [-0.15, -0.1) is 0 Å². The molecule has 0 aromatic heterocycles. The Morgan fingerprint density at radius 3 is 2.80 bits per heavy atom. The normalized spacial score (nSPS) is 12.9. The lowest BCUT2D eigenvalue weighted by Gasteiger charge is -2.29. The summed E-state index contributed by atoms with van der Waals surface area (Å²) in [5, 5.41) is 2.77. The molecule has 2 amide bonds. The minimum Gasteiger partial charge on any atom is -0.493 e. The van der Waals surface area contributed by atoms with Gasteiger partial charge in [0.05, 0.1) is 12.8 Å². The molecule has 0 saturated carbocycles. The highest BCUT2D eigenvalue weighted by molar-refractivity contribution is 5.98. The lowest BCUT2D eigenvalue weighted by molar-refractivity contribution is -0.122. The van der Waals surface area contributed by atoms with Gasteiger partial charge in [0.1, 0.15) is 5.75 Å². The molecular weight excluding hydrogens is 398 g/mol. The first-order valence-electron chi connectivity index (χ1n) is 9.38. The van der Waals surface area contributed by atoms with Gasteiger partial charge in [0.25, 0.3) is 5.91 Å². The number of alkyl halides is 2. The van der Waals surface area contributed by atoms with E-state index in [4.69, 9.17) is 9.47 Å². The molecule has 7 nitrogen and oxygen atoms in total. The van der Waals surface area contributed by atoms with Crippen LogP contribution in [-0.2, 0) is 16.0 Å². The number of carbonyl (C=O) groups is 2. The number of hydrogen-bond acceptors (Lipinski definition) is 5. The van der Waals surface area contributed by atoms with Crippen LogP contribution in [0, 0.1) is 0 Å². The SMILES string of the molecule is COc1ccc(CCNC(=O)CCN2C(=O)COc3ccccc32)cc1OC(F)F. The summed E-state index contributed by atoms with van der Waals surface area (Å²) in [6.45, 7) is -2.46. The highest BCUT2D eigenvalue weighted by Crippen LogP contribution is 2.31. The minimum absolute atomic E-state index is 0.0548. The third kappa shape index (κ3) is 5.37. The first-order valence-corrected chi connectivity index (χ1v) is 9.38. The van der Waals surface area contributed by atoms with Crippen molar-refractivity contribution in [2.75, 3.05) is 31.7 Å². The van der Waals surface area contributed by atoms with Crippen molar-refractivity contribution in [2.24, 2.45) is 0 Å². The Hall–Kier alpha value is -3.36. The minimum atomic E-state index is -2.96. The molecule has 0 saturated heterocycles. The van der Waals surface area contributed by atoms with Crippen LogP contribution in [-0.4, -0.2) is 45.2 Å². The van der Waals surface area contributed by atoms with Crippen LogP contribution in [0.4, 0.5) is 14.5 Å². The Kier molecular flexibility index (Phi) is 7.05. The van der Waals surface area contributed by atoms with E-state index >= 15 is 0 Å². The highest BCUT2D eigenvalue weighted by Gasteiger charge is 2.25. The number of methoxy groups -OCH3 is 1. The fourth-order valence-corrected chi connectivity index (χ4v) is 3.11. The maximum absolute atomic E-state index is 12.5. The number of nitrogens with zero attached hydrogens (tertiary/aromatic N) is 1. The molecule has 30 heavy (non-hydrogen) atoms. The van der Waals surface area contributed by atoms with Gasteiger partial charge in [-0.25, -0.2) is 0 Å². The zero-order valence-electron chi connectivity index (χ0n) is 16.4. The summed E-state index contributed by atoms with van der Waals surface area (Å²) in [6, 6.07) is 11.9. The van der Waals surface area contributed by atoms with E-state index in [0.29, 0.717) is 30.0 Å². The Bertz CT molecular complexity index is 907. The third-order valence-electron chi connectivity index (χ3n) is 4.55. The van der Waals surface area contributed by atoms with E-state index in [9.17, 15) is 18.4 Å². The second-order valence-corrected chi connectivity index (χ2v) is 6.52. The van der Waals surface area contributed by atoms with Crippen molar-refractivity contribution in [1.29, 1.82) is 0 Å². The molecule has 0 fully saturated rings. The summed E-state index contributed by atoms with van der Waals surface area (Å²) in [6.07, 6.45) is 0.553. The van der Waals surface area contributed by atoms with Gasteiger partial charge in [-0.1, -0.05) is 18.2 Å². The molecule has 3 rings (SSSR count). The fraction of sp³-hybridized carbons (Fsp3) is 0.333. The number of anilines is 1. The molecule has 160 valence electrons. The van der Waals surface area contributed by atoms with E-state index in [2.05, 4.69) is 10.1 Å². The number of benzene rings is 2. The van der Waals surface area contributed by atoms with Crippen LogP contribution in [0.5, 0.6) is 17.2 Å². The number of amides is 2. The van der Waals surface area contributed by atoms with Crippen molar-refractivity contribution in [3.05, 3.63) is 48.0 Å². The predicted octanol–water partition coefficient (Wildman–Crippen LogP) is 2.77. The largest absolute Gasteiger partial charge is 0.493 e. The summed E-state index contributed by atoms with van der Waals surface area (Å²) in [5.41, 5.74) is 1.36. The third-order valence-corrected chi connectivity index (χ3v) is 4.55. The molecule has 0 unspecified atom stereocenters. The number of halogens is 2. The van der Waals surface area contributed by atoms with Crippen molar-refractivity contribution in [1.82, 2.24) is 5.32 Å². The van der Waals surface area contributed by atoms with Crippen LogP contribution in [0.15, 0.2) is 42.5 Å². The number of fused-ring (bicyclic) bond motifs is 1. The molecular formula is C21H22F2N2O5. The van der Waals surface area contributed by atoms with Gasteiger partial charge in [0.15, 0.2) is 18.1 Å². The quantitative estimate of drug-likeness (QED) is 0.675. The van der Waals surface area contributed by atoms with E-state index in [0.717, 1.165) is 0 Å². The highest BCUT2D eigenvalue weighted by atomic mass is 19.3. The van der Waals surface area contributed by atoms with Crippen LogP contribution < -0.4 is 24.4 Å². The Morgan fingerprint density at radius 2 is 2.03 bits per heavy atom. The Balaban J connectivity index is 1.49. The first kappa shape index (κ1) is 21.4. The lowest BCUT2D eigenvalue weighted by Crippen LogP contribution is -2.41. The molecule has 2 aromatic rings. The Labute approximate surface area is 172 Å². The fourth-order valence-electron chi connectivity index (χ4n) is 3.11. The number of hydrogen-bond donors (Lipinski definition) is 1. The van der Waals surface area contributed by atoms with E-state index < -0.39 is 6.61 Å². The predicted molar refractivity (Wildman–Crippen MR) is 105 cm³/mol.